The van der Waals surface area contributed by atoms with Gasteiger partial charge in [0.05, 0.1) is 18.0 Å². The van der Waals surface area contributed by atoms with Crippen molar-refractivity contribution in [2.45, 2.75) is 25.0 Å². The van der Waals surface area contributed by atoms with Gasteiger partial charge in [-0.3, -0.25) is 9.59 Å². The third-order valence-corrected chi connectivity index (χ3v) is 5.90. The average molecular weight is 488 g/mol. The molecule has 0 aliphatic heterocycles. The lowest BCUT2D eigenvalue weighted by atomic mass is 10.1. The summed E-state index contributed by atoms with van der Waals surface area (Å²) < 4.78 is 2.79. The Bertz CT molecular complexity index is 1010. The van der Waals surface area contributed by atoms with E-state index >= 15 is 0 Å². The highest BCUT2D eigenvalue weighted by molar-refractivity contribution is 9.10. The maximum absolute atomic E-state index is 12.2. The largest absolute Gasteiger partial charge is 0.346 e. The number of nitrogens with zero attached hydrogens (tertiary/aromatic N) is 3. The van der Waals surface area contributed by atoms with Crippen LogP contribution in [0, 0.1) is 0 Å². The van der Waals surface area contributed by atoms with E-state index in [0.29, 0.717) is 23.8 Å². The second kappa shape index (κ2) is 10.9. The molecule has 0 bridgehead atoms. The van der Waals surface area contributed by atoms with Crippen LogP contribution in [0.1, 0.15) is 18.3 Å². The molecule has 0 saturated carbocycles. The van der Waals surface area contributed by atoms with E-state index < -0.39 is 0 Å². The molecule has 2 N–H and O–H groups in total. The van der Waals surface area contributed by atoms with E-state index in [0.717, 1.165) is 15.9 Å². The number of nitrogens with one attached hydrogen (secondary N) is 2. The first-order valence-corrected chi connectivity index (χ1v) is 11.2. The van der Waals surface area contributed by atoms with Crippen LogP contribution in [0.4, 0.5) is 5.69 Å². The van der Waals surface area contributed by atoms with Gasteiger partial charge in [0.2, 0.25) is 11.8 Å². The Labute approximate surface area is 187 Å². The number of hydrogen-bond donors (Lipinski definition) is 2. The van der Waals surface area contributed by atoms with E-state index in [1.54, 1.807) is 6.07 Å². The highest BCUT2D eigenvalue weighted by atomic mass is 79.9. The van der Waals surface area contributed by atoms with Gasteiger partial charge in [-0.25, -0.2) is 0 Å². The highest BCUT2D eigenvalue weighted by Crippen LogP contribution is 2.21. The second-order valence-corrected chi connectivity index (χ2v) is 8.20. The van der Waals surface area contributed by atoms with Crippen molar-refractivity contribution >= 4 is 45.2 Å². The minimum absolute atomic E-state index is 0.0968. The summed E-state index contributed by atoms with van der Waals surface area (Å²) in [6.07, 6.45) is 0.684. The Morgan fingerprint density at radius 3 is 2.50 bits per heavy atom. The van der Waals surface area contributed by atoms with E-state index in [-0.39, 0.29) is 24.1 Å². The number of carbonyl (C=O) groups excluding carboxylic acids is 2. The van der Waals surface area contributed by atoms with Crippen LogP contribution in [0.15, 0.2) is 64.2 Å². The lowest BCUT2D eigenvalue weighted by molar-refractivity contribution is -0.122. The smallest absolute Gasteiger partial charge is 0.243 e. The lowest BCUT2D eigenvalue weighted by Gasteiger charge is -2.09. The Hall–Kier alpha value is -2.65. The number of anilines is 1. The van der Waals surface area contributed by atoms with Gasteiger partial charge in [0.15, 0.2) is 5.16 Å². The number of carbonyl (C=O) groups is 2. The fraction of sp³-hybridized carbons (Fsp3) is 0.238. The summed E-state index contributed by atoms with van der Waals surface area (Å²) in [6, 6.07) is 17.4. The second-order valence-electron chi connectivity index (χ2n) is 6.40. The molecule has 1 aromatic heterocycles. The number of aromatic nitrogens is 3. The van der Waals surface area contributed by atoms with E-state index in [4.69, 9.17) is 0 Å². The minimum Gasteiger partial charge on any atom is -0.346 e. The van der Waals surface area contributed by atoms with Crippen LogP contribution < -0.4 is 10.6 Å². The summed E-state index contributed by atoms with van der Waals surface area (Å²) in [4.78, 5) is 24.2. The first-order chi connectivity index (χ1) is 14.6. The first-order valence-electron chi connectivity index (χ1n) is 9.46. The van der Waals surface area contributed by atoms with Crippen molar-refractivity contribution in [2.24, 2.45) is 0 Å². The molecule has 7 nitrogen and oxygen atoms in total. The van der Waals surface area contributed by atoms with Crippen LogP contribution >= 0.6 is 27.7 Å². The summed E-state index contributed by atoms with van der Waals surface area (Å²) in [5, 5.41) is 14.6. The van der Waals surface area contributed by atoms with Gasteiger partial charge >= 0.3 is 0 Å². The Balaban J connectivity index is 1.48. The molecule has 0 fully saturated rings. The van der Waals surface area contributed by atoms with Crippen molar-refractivity contribution in [1.82, 2.24) is 20.1 Å². The number of thioether (sulfide) groups is 1. The summed E-state index contributed by atoms with van der Waals surface area (Å²) in [7, 11) is 0. The average Bonchev–Trinajstić information content (AvgIpc) is 3.14. The minimum atomic E-state index is -0.290. The topological polar surface area (TPSA) is 88.9 Å². The molecule has 0 aliphatic carbocycles. The van der Waals surface area contributed by atoms with Crippen molar-refractivity contribution in [1.29, 1.82) is 0 Å². The van der Waals surface area contributed by atoms with Crippen LogP contribution in [0.5, 0.6) is 0 Å². The molecule has 0 saturated heterocycles. The number of benzene rings is 2. The standard InChI is InChI=1S/C21H22BrN5O2S/c1-2-27-18(12-15-8-4-3-5-9-15)25-26-21(27)30-14-20(29)23-13-19(28)24-17-11-7-6-10-16(17)22/h3-11H,2,12-14H2,1H3,(H,23,29)(H,24,28). The Kier molecular flexibility index (Phi) is 8.04. The Morgan fingerprint density at radius 1 is 1.03 bits per heavy atom. The number of halogens is 1. The number of hydrogen-bond acceptors (Lipinski definition) is 5. The molecule has 3 rings (SSSR count). The molecule has 2 aromatic carbocycles. The van der Waals surface area contributed by atoms with Crippen LogP contribution in [-0.2, 0) is 22.6 Å². The van der Waals surface area contributed by atoms with Gasteiger partial charge in [-0.05, 0) is 40.5 Å². The fourth-order valence-electron chi connectivity index (χ4n) is 2.77. The monoisotopic (exact) mass is 487 g/mol. The molecule has 0 aliphatic rings. The molecule has 0 unspecified atom stereocenters. The Morgan fingerprint density at radius 2 is 1.77 bits per heavy atom. The summed E-state index contributed by atoms with van der Waals surface area (Å²) in [5.41, 5.74) is 1.82. The number of para-hydroxylation sites is 1. The van der Waals surface area contributed by atoms with E-state index in [2.05, 4.69) is 36.8 Å². The molecule has 0 atom stereocenters. The van der Waals surface area contributed by atoms with Gasteiger partial charge in [0.1, 0.15) is 5.82 Å². The van der Waals surface area contributed by atoms with Crippen molar-refractivity contribution in [3.63, 3.8) is 0 Å². The van der Waals surface area contributed by atoms with Crippen molar-refractivity contribution in [2.75, 3.05) is 17.6 Å². The maximum atomic E-state index is 12.2. The van der Waals surface area contributed by atoms with Gasteiger partial charge in [-0.2, -0.15) is 0 Å². The third kappa shape index (κ3) is 6.17. The van der Waals surface area contributed by atoms with Crippen LogP contribution in [-0.4, -0.2) is 38.9 Å². The molecular weight excluding hydrogens is 466 g/mol. The molecule has 1 heterocycles. The van der Waals surface area contributed by atoms with Crippen molar-refractivity contribution < 1.29 is 9.59 Å². The highest BCUT2D eigenvalue weighted by Gasteiger charge is 2.14. The molecule has 2 amide bonds. The van der Waals surface area contributed by atoms with Gasteiger partial charge in [-0.1, -0.05) is 54.2 Å². The SMILES string of the molecule is CCn1c(Cc2ccccc2)nnc1SCC(=O)NCC(=O)Nc1ccccc1Br. The zero-order valence-electron chi connectivity index (χ0n) is 16.5. The lowest BCUT2D eigenvalue weighted by Crippen LogP contribution is -2.34. The zero-order chi connectivity index (χ0) is 21.3. The van der Waals surface area contributed by atoms with E-state index in [1.807, 2.05) is 60.0 Å². The fourth-order valence-corrected chi connectivity index (χ4v) is 4.00. The van der Waals surface area contributed by atoms with Gasteiger partial charge in [-0.15, -0.1) is 10.2 Å². The molecule has 30 heavy (non-hydrogen) atoms. The molecule has 156 valence electrons. The summed E-state index contributed by atoms with van der Waals surface area (Å²) in [6.45, 7) is 2.64. The van der Waals surface area contributed by atoms with E-state index in [9.17, 15) is 9.59 Å². The maximum Gasteiger partial charge on any atom is 0.243 e. The normalized spacial score (nSPS) is 10.6. The first kappa shape index (κ1) is 22.0. The molecule has 9 heteroatoms. The van der Waals surface area contributed by atoms with Crippen LogP contribution in [0.3, 0.4) is 0 Å². The molecule has 0 radical (unpaired) electrons. The van der Waals surface area contributed by atoms with Gasteiger partial charge in [0, 0.05) is 17.4 Å². The van der Waals surface area contributed by atoms with Gasteiger partial charge in [0.25, 0.3) is 0 Å². The predicted molar refractivity (Wildman–Crippen MR) is 121 cm³/mol. The summed E-state index contributed by atoms with van der Waals surface area (Å²) >= 11 is 4.68. The van der Waals surface area contributed by atoms with Crippen molar-refractivity contribution in [3.8, 4) is 0 Å². The molecule has 3 aromatic rings. The van der Waals surface area contributed by atoms with E-state index in [1.165, 1.54) is 11.8 Å². The van der Waals surface area contributed by atoms with Crippen LogP contribution in [0.25, 0.3) is 0 Å². The molecule has 0 spiro atoms. The quantitative estimate of drug-likeness (QED) is 0.450. The van der Waals surface area contributed by atoms with Crippen LogP contribution in [0.2, 0.25) is 0 Å². The van der Waals surface area contributed by atoms with Crippen molar-refractivity contribution in [3.05, 3.63) is 70.5 Å². The third-order valence-electron chi connectivity index (χ3n) is 4.24. The zero-order valence-corrected chi connectivity index (χ0v) is 18.9. The summed E-state index contributed by atoms with van der Waals surface area (Å²) in [5.74, 6) is 0.491. The molecular formula is C21H22BrN5O2S. The number of rotatable bonds is 9. The number of amides is 2. The van der Waals surface area contributed by atoms with Gasteiger partial charge < -0.3 is 15.2 Å². The predicted octanol–water partition coefficient (Wildman–Crippen LogP) is 3.50.